The van der Waals surface area contributed by atoms with Gasteiger partial charge in [-0.1, -0.05) is 77.8 Å². The first kappa shape index (κ1) is 52.7. The summed E-state index contributed by atoms with van der Waals surface area (Å²) >= 11 is 0. The molecule has 3 aliphatic heterocycles. The molecule has 2 saturated heterocycles. The molecule has 3 heterocycles. The number of likely N-dealkylation sites (N-methyl/N-ethyl adjacent to an activating group) is 1. The molecule has 0 radical (unpaired) electrons. The lowest BCUT2D eigenvalue weighted by atomic mass is 9.83. The molecule has 2 bridgehead atoms. The third kappa shape index (κ3) is 12.6. The molecule has 5 amide bonds. The van der Waals surface area contributed by atoms with Crippen LogP contribution in [0.25, 0.3) is 0 Å². The third-order valence-corrected chi connectivity index (χ3v) is 15.4. The largest absolute Gasteiger partial charge is 0.396 e. The van der Waals surface area contributed by atoms with Gasteiger partial charge in [-0.05, 0) is 80.6 Å². The Morgan fingerprint density at radius 3 is 2.18 bits per heavy atom. The predicted octanol–water partition coefficient (Wildman–Crippen LogP) is 5.81. The summed E-state index contributed by atoms with van der Waals surface area (Å²) in [6, 6.07) is 8.44. The molecule has 1 saturated carbocycles. The lowest BCUT2D eigenvalue weighted by molar-refractivity contribution is -0.150. The fourth-order valence-corrected chi connectivity index (χ4v) is 11.4. The number of hydrogen-bond donors (Lipinski definition) is 1. The number of nitrogens with zero attached hydrogens (tertiary/aromatic N) is 4. The standard InChI is InChI=1S/C52H78N4O10/c1-9-34(4)49(44(65-7)31-48(63)54-26-16-19-41(54)51(66-8)35(5)42(58)28-37(32-57)27-36-17-12-10-13-18-36)53(6)52(64)40(33(2)3)30-43(59)50-38-21-22-39(29-38)56(50)47(62)20-14-11-15-25-55-45(60)23-24-46(55)61/h10,12-13,17-18,23-24,33-35,37-41,44,49-51,57H,9,11,14-16,19-22,25-32H2,1-8H3/t34-,35-,37+,38-,39+,40-,41-,44+,49-,50-,51+/m0/s1. The van der Waals surface area contributed by atoms with E-state index in [2.05, 4.69) is 0 Å². The Bertz CT molecular complexity index is 1850. The van der Waals surface area contributed by atoms with Crippen LogP contribution in [0.4, 0.5) is 0 Å². The van der Waals surface area contributed by atoms with E-state index >= 15 is 0 Å². The van der Waals surface area contributed by atoms with Crippen molar-refractivity contribution in [2.75, 3.05) is 41.0 Å². The maximum atomic E-state index is 14.7. The molecule has 366 valence electrons. The van der Waals surface area contributed by atoms with Crippen LogP contribution in [0, 0.1) is 35.5 Å². The number of piperidine rings is 1. The number of aliphatic hydroxyl groups excluding tert-OH is 1. The summed E-state index contributed by atoms with van der Waals surface area (Å²) < 4.78 is 12.1. The zero-order valence-corrected chi connectivity index (χ0v) is 40.9. The summed E-state index contributed by atoms with van der Waals surface area (Å²) in [5, 5.41) is 10.2. The summed E-state index contributed by atoms with van der Waals surface area (Å²) in [4.78, 5) is 101. The molecule has 0 spiro atoms. The van der Waals surface area contributed by atoms with Crippen molar-refractivity contribution < 1.29 is 48.1 Å². The molecule has 1 aromatic rings. The zero-order valence-electron chi connectivity index (χ0n) is 40.9. The van der Waals surface area contributed by atoms with E-state index in [1.165, 1.54) is 17.1 Å². The number of ketones is 2. The SMILES string of the molecule is CC[C@H](C)[C@@H]([C@@H](CC(=O)N1CCC[C@H]1[C@H](OC)[C@@H](C)C(=O)C[C@H](CO)Cc1ccccc1)OC)N(C)C(=O)[C@@H](CC(=O)[C@@H]1[C@H]2CC[C@H](C2)N1C(=O)CCCCCN1C(=O)C=CC1=O)C(C)C. The molecule has 0 aromatic heterocycles. The van der Waals surface area contributed by atoms with Gasteiger partial charge in [0.2, 0.25) is 17.7 Å². The number of likely N-dealkylation sites (tertiary alicyclic amines) is 2. The van der Waals surface area contributed by atoms with Crippen LogP contribution in [0.15, 0.2) is 42.5 Å². The first-order valence-corrected chi connectivity index (χ1v) is 24.7. The van der Waals surface area contributed by atoms with Crippen LogP contribution in [0.5, 0.6) is 0 Å². The first-order valence-electron chi connectivity index (χ1n) is 24.7. The molecular formula is C52H78N4O10. The number of Topliss-reactive ketones (excluding diaryl/α,β-unsaturated/α-hetero) is 2. The molecule has 14 heteroatoms. The van der Waals surface area contributed by atoms with Gasteiger partial charge in [0, 0.05) is 90.3 Å². The van der Waals surface area contributed by atoms with Crippen LogP contribution >= 0.6 is 0 Å². The van der Waals surface area contributed by atoms with Gasteiger partial charge in [0.1, 0.15) is 5.78 Å². The summed E-state index contributed by atoms with van der Waals surface area (Å²) in [5.74, 6) is -2.67. The number of methoxy groups -OCH3 is 2. The van der Waals surface area contributed by atoms with Crippen molar-refractivity contribution in [3.63, 3.8) is 0 Å². The van der Waals surface area contributed by atoms with E-state index < -0.39 is 36.1 Å². The van der Waals surface area contributed by atoms with Gasteiger partial charge in [-0.15, -0.1) is 0 Å². The summed E-state index contributed by atoms with van der Waals surface area (Å²) in [6.45, 7) is 10.5. The maximum absolute atomic E-state index is 14.7. The van der Waals surface area contributed by atoms with Gasteiger partial charge >= 0.3 is 0 Å². The van der Waals surface area contributed by atoms with E-state index in [0.29, 0.717) is 51.6 Å². The smallest absolute Gasteiger partial charge is 0.253 e. The molecule has 0 unspecified atom stereocenters. The predicted molar refractivity (Wildman–Crippen MR) is 251 cm³/mol. The first-order chi connectivity index (χ1) is 31.6. The molecule has 1 aromatic carbocycles. The number of ether oxygens (including phenoxy) is 2. The minimum Gasteiger partial charge on any atom is -0.396 e. The van der Waals surface area contributed by atoms with Crippen molar-refractivity contribution >= 4 is 41.1 Å². The number of carbonyl (C=O) groups is 7. The molecule has 11 atom stereocenters. The molecule has 3 fully saturated rings. The molecular weight excluding hydrogens is 841 g/mol. The second-order valence-corrected chi connectivity index (χ2v) is 20.0. The Hall–Kier alpha value is -4.27. The normalized spacial score (nSPS) is 23.6. The Morgan fingerprint density at radius 2 is 1.56 bits per heavy atom. The van der Waals surface area contributed by atoms with Crippen molar-refractivity contribution in [3.05, 3.63) is 48.0 Å². The second-order valence-electron chi connectivity index (χ2n) is 20.0. The Kier molecular flexibility index (Phi) is 19.7. The minimum atomic E-state index is -0.652. The molecule has 66 heavy (non-hydrogen) atoms. The minimum absolute atomic E-state index is 0.00428. The van der Waals surface area contributed by atoms with Crippen molar-refractivity contribution in [2.24, 2.45) is 35.5 Å². The molecule has 4 aliphatic rings. The Morgan fingerprint density at radius 1 is 0.864 bits per heavy atom. The van der Waals surface area contributed by atoms with Gasteiger partial charge in [-0.2, -0.15) is 0 Å². The van der Waals surface area contributed by atoms with Crippen LogP contribution in [-0.2, 0) is 49.5 Å². The average molecular weight is 919 g/mol. The maximum Gasteiger partial charge on any atom is 0.253 e. The van der Waals surface area contributed by atoms with E-state index in [4.69, 9.17) is 9.47 Å². The zero-order chi connectivity index (χ0) is 48.2. The van der Waals surface area contributed by atoms with E-state index in [-0.39, 0.29) is 109 Å². The fraction of sp³-hybridized carbons (Fsp3) is 0.712. The number of rotatable bonds is 27. The fourth-order valence-electron chi connectivity index (χ4n) is 11.4. The van der Waals surface area contributed by atoms with Crippen LogP contribution in [-0.4, -0.2) is 143 Å². The van der Waals surface area contributed by atoms with Gasteiger partial charge in [0.25, 0.3) is 11.8 Å². The van der Waals surface area contributed by atoms with Crippen molar-refractivity contribution in [1.29, 1.82) is 0 Å². The summed E-state index contributed by atoms with van der Waals surface area (Å²) in [7, 11) is 4.89. The van der Waals surface area contributed by atoms with Crippen LogP contribution in [0.2, 0.25) is 0 Å². The van der Waals surface area contributed by atoms with Crippen LogP contribution in [0.3, 0.4) is 0 Å². The highest BCUT2D eigenvalue weighted by molar-refractivity contribution is 6.12. The van der Waals surface area contributed by atoms with Gasteiger partial charge < -0.3 is 29.3 Å². The van der Waals surface area contributed by atoms with Crippen LogP contribution in [0.1, 0.15) is 124 Å². The van der Waals surface area contributed by atoms with Gasteiger partial charge in [-0.25, -0.2) is 0 Å². The number of unbranched alkanes of at least 4 members (excludes halogenated alkanes) is 2. The summed E-state index contributed by atoms with van der Waals surface area (Å²) in [6.07, 6.45) is 8.94. The highest BCUT2D eigenvalue weighted by Gasteiger charge is 2.51. The average Bonchev–Trinajstić information content (AvgIpc) is 4.13. The van der Waals surface area contributed by atoms with Crippen LogP contribution < -0.4 is 0 Å². The number of fused-ring (bicyclic) bond motifs is 2. The lowest BCUT2D eigenvalue weighted by Crippen LogP contribution is -2.54. The number of carbonyl (C=O) groups excluding carboxylic acids is 7. The topological polar surface area (TPSA) is 171 Å². The van der Waals surface area contributed by atoms with Crippen molar-refractivity contribution in [2.45, 2.75) is 161 Å². The Balaban J connectivity index is 1.22. The molecule has 1 N–H and O–H groups in total. The van der Waals surface area contributed by atoms with Gasteiger partial charge in [0.15, 0.2) is 5.78 Å². The number of amides is 5. The van der Waals surface area contributed by atoms with E-state index in [1.807, 2.05) is 74.8 Å². The van der Waals surface area contributed by atoms with Crippen molar-refractivity contribution in [3.8, 4) is 0 Å². The number of benzene rings is 1. The quantitative estimate of drug-likeness (QED) is 0.0839. The summed E-state index contributed by atoms with van der Waals surface area (Å²) in [5.41, 5.74) is 1.06. The number of imide groups is 1. The lowest BCUT2D eigenvalue weighted by Gasteiger charge is -2.41. The monoisotopic (exact) mass is 919 g/mol. The molecule has 1 aliphatic carbocycles. The van der Waals surface area contributed by atoms with E-state index in [0.717, 1.165) is 31.2 Å². The van der Waals surface area contributed by atoms with E-state index in [9.17, 15) is 38.7 Å². The molecule has 14 nitrogen and oxygen atoms in total. The highest BCUT2D eigenvalue weighted by Crippen LogP contribution is 2.44. The molecule has 5 rings (SSSR count). The Labute approximate surface area is 393 Å². The third-order valence-electron chi connectivity index (χ3n) is 15.4. The second kappa shape index (κ2) is 24.7. The van der Waals surface area contributed by atoms with Gasteiger partial charge in [0.05, 0.1) is 36.8 Å². The van der Waals surface area contributed by atoms with Gasteiger partial charge in [-0.3, -0.25) is 38.5 Å². The number of aliphatic hydroxyl groups is 1. The number of hydrogen-bond acceptors (Lipinski definition) is 10. The highest BCUT2D eigenvalue weighted by atomic mass is 16.5. The van der Waals surface area contributed by atoms with Crippen molar-refractivity contribution in [1.82, 2.24) is 19.6 Å². The van der Waals surface area contributed by atoms with E-state index in [1.54, 1.807) is 26.2 Å².